The summed E-state index contributed by atoms with van der Waals surface area (Å²) >= 11 is 0. The van der Waals surface area contributed by atoms with E-state index in [9.17, 15) is 22.0 Å². The Morgan fingerprint density at radius 3 is 2.30 bits per heavy atom. The van der Waals surface area contributed by atoms with Gasteiger partial charge >= 0.3 is 5.97 Å². The van der Waals surface area contributed by atoms with Gasteiger partial charge in [0.25, 0.3) is 10.0 Å². The molecule has 1 aromatic heterocycles. The van der Waals surface area contributed by atoms with E-state index in [4.69, 9.17) is 5.11 Å². The van der Waals surface area contributed by atoms with Gasteiger partial charge in [0.05, 0.1) is 11.9 Å². The number of aromatic carboxylic acids is 1. The van der Waals surface area contributed by atoms with Crippen LogP contribution < -0.4 is 4.72 Å². The highest BCUT2D eigenvalue weighted by molar-refractivity contribution is 7.92. The fourth-order valence-corrected chi connectivity index (χ4v) is 2.77. The molecule has 0 aliphatic heterocycles. The van der Waals surface area contributed by atoms with Crippen molar-refractivity contribution in [2.45, 2.75) is 24.8 Å². The Labute approximate surface area is 130 Å². The Bertz CT molecular complexity index is 839. The number of carboxylic acid groups (broad SMARTS) is 1. The molecule has 23 heavy (non-hydrogen) atoms. The molecule has 7 nitrogen and oxygen atoms in total. The van der Waals surface area contributed by atoms with E-state index in [1.807, 2.05) is 4.72 Å². The molecule has 0 atom stereocenters. The summed E-state index contributed by atoms with van der Waals surface area (Å²) in [4.78, 5) is 10.5. The number of nitrogens with zero attached hydrogens (tertiary/aromatic N) is 2. The van der Waals surface area contributed by atoms with Gasteiger partial charge in [-0.25, -0.2) is 22.0 Å². The topological polar surface area (TPSA) is 101 Å². The van der Waals surface area contributed by atoms with Gasteiger partial charge in [0.15, 0.2) is 0 Å². The number of carboxylic acids is 1. The lowest BCUT2D eigenvalue weighted by Gasteiger charge is -2.08. The number of hydrogen-bond donors (Lipinski definition) is 2. The largest absolute Gasteiger partial charge is 0.477 e. The fraction of sp³-hybridized carbons (Fsp3) is 0.231. The van der Waals surface area contributed by atoms with Crippen LogP contribution in [0.4, 0.5) is 14.5 Å². The summed E-state index contributed by atoms with van der Waals surface area (Å²) in [6, 6.07) is 1.12. The highest BCUT2D eigenvalue weighted by Crippen LogP contribution is 2.22. The van der Waals surface area contributed by atoms with Gasteiger partial charge in [-0.15, -0.1) is 0 Å². The van der Waals surface area contributed by atoms with E-state index in [-0.39, 0.29) is 10.9 Å². The summed E-state index contributed by atoms with van der Waals surface area (Å²) < 4.78 is 54.8. The van der Waals surface area contributed by atoms with Gasteiger partial charge < -0.3 is 5.11 Å². The monoisotopic (exact) mass is 345 g/mol. The van der Waals surface area contributed by atoms with Crippen molar-refractivity contribution in [1.82, 2.24) is 9.78 Å². The van der Waals surface area contributed by atoms with Crippen LogP contribution in [0.25, 0.3) is 0 Å². The van der Waals surface area contributed by atoms with Gasteiger partial charge in [0.2, 0.25) is 0 Å². The maximum Gasteiger partial charge on any atom is 0.341 e. The van der Waals surface area contributed by atoms with Gasteiger partial charge in [-0.3, -0.25) is 9.40 Å². The van der Waals surface area contributed by atoms with E-state index in [1.54, 1.807) is 13.8 Å². The van der Waals surface area contributed by atoms with Crippen molar-refractivity contribution in [2.75, 3.05) is 4.72 Å². The minimum Gasteiger partial charge on any atom is -0.477 e. The maximum absolute atomic E-state index is 13.6. The number of carbonyl (C=O) groups is 1. The van der Waals surface area contributed by atoms with Crippen LogP contribution in [0.1, 0.15) is 30.2 Å². The predicted molar refractivity (Wildman–Crippen MR) is 76.7 cm³/mol. The highest BCUT2D eigenvalue weighted by atomic mass is 32.2. The molecule has 0 saturated carbocycles. The Hall–Kier alpha value is -2.49. The van der Waals surface area contributed by atoms with Crippen LogP contribution in [0.2, 0.25) is 0 Å². The Balaban J connectivity index is 2.35. The van der Waals surface area contributed by atoms with Crippen LogP contribution in [0.15, 0.2) is 29.4 Å². The third-order valence-electron chi connectivity index (χ3n) is 2.93. The summed E-state index contributed by atoms with van der Waals surface area (Å²) in [6.45, 7) is 3.60. The number of halogens is 2. The van der Waals surface area contributed by atoms with Crippen molar-refractivity contribution in [3.8, 4) is 0 Å². The SMILES string of the molecule is CC(C)n1cc(S(=O)(=O)Nc2cc(F)c(C(=O)O)c(F)c2)cn1. The van der Waals surface area contributed by atoms with Gasteiger partial charge in [-0.05, 0) is 26.0 Å². The van der Waals surface area contributed by atoms with E-state index >= 15 is 0 Å². The molecular formula is C13H13F2N3O4S. The predicted octanol–water partition coefficient (Wildman–Crippen LogP) is 2.24. The first-order valence-electron chi connectivity index (χ1n) is 6.41. The van der Waals surface area contributed by atoms with Gasteiger partial charge in [0.1, 0.15) is 22.1 Å². The van der Waals surface area contributed by atoms with Crippen LogP contribution in [0.3, 0.4) is 0 Å². The lowest BCUT2D eigenvalue weighted by molar-refractivity contribution is 0.0686. The first kappa shape index (κ1) is 16.9. The van der Waals surface area contributed by atoms with Crippen LogP contribution in [-0.4, -0.2) is 29.3 Å². The van der Waals surface area contributed by atoms with Crippen molar-refractivity contribution in [3.05, 3.63) is 41.7 Å². The number of rotatable bonds is 5. The van der Waals surface area contributed by atoms with Crippen molar-refractivity contribution in [1.29, 1.82) is 0 Å². The summed E-state index contributed by atoms with van der Waals surface area (Å²) in [6.07, 6.45) is 2.37. The van der Waals surface area contributed by atoms with Gasteiger partial charge in [-0.2, -0.15) is 5.10 Å². The second kappa shape index (κ2) is 5.95. The molecule has 0 aliphatic carbocycles. The van der Waals surface area contributed by atoms with E-state index in [0.717, 1.165) is 6.20 Å². The molecule has 0 unspecified atom stereocenters. The molecule has 0 spiro atoms. The fourth-order valence-electron chi connectivity index (χ4n) is 1.79. The molecule has 0 bridgehead atoms. The lowest BCUT2D eigenvalue weighted by atomic mass is 10.2. The second-order valence-electron chi connectivity index (χ2n) is 4.98. The van der Waals surface area contributed by atoms with Crippen molar-refractivity contribution in [2.24, 2.45) is 0 Å². The number of nitrogens with one attached hydrogen (secondary N) is 1. The number of benzene rings is 1. The third kappa shape index (κ3) is 3.47. The molecule has 0 aliphatic rings. The second-order valence-corrected chi connectivity index (χ2v) is 6.66. The van der Waals surface area contributed by atoms with Crippen LogP contribution in [-0.2, 0) is 10.0 Å². The summed E-state index contributed by atoms with van der Waals surface area (Å²) in [7, 11) is -4.11. The quantitative estimate of drug-likeness (QED) is 0.865. The minimum absolute atomic E-state index is 0.0660. The average molecular weight is 345 g/mol. The normalized spacial score (nSPS) is 11.7. The molecular weight excluding hydrogens is 332 g/mol. The van der Waals surface area contributed by atoms with E-state index in [0.29, 0.717) is 12.1 Å². The molecule has 0 saturated heterocycles. The van der Waals surface area contributed by atoms with E-state index < -0.39 is 38.9 Å². The zero-order chi connectivity index (χ0) is 17.4. The molecule has 1 aromatic carbocycles. The van der Waals surface area contributed by atoms with Crippen LogP contribution >= 0.6 is 0 Å². The zero-order valence-electron chi connectivity index (χ0n) is 12.1. The first-order valence-corrected chi connectivity index (χ1v) is 7.89. The average Bonchev–Trinajstić information content (AvgIpc) is 2.86. The number of hydrogen-bond acceptors (Lipinski definition) is 4. The molecule has 0 fully saturated rings. The van der Waals surface area contributed by atoms with Gasteiger partial charge in [0, 0.05) is 12.2 Å². The molecule has 2 rings (SSSR count). The standard InChI is InChI=1S/C13H13F2N3O4S/c1-7(2)18-6-9(5-16-18)23(21,22)17-8-3-10(14)12(13(19)20)11(15)4-8/h3-7,17H,1-2H3,(H,19,20). The molecule has 1 heterocycles. The van der Waals surface area contributed by atoms with E-state index in [1.165, 1.54) is 10.9 Å². The highest BCUT2D eigenvalue weighted by Gasteiger charge is 2.22. The molecule has 0 radical (unpaired) electrons. The van der Waals surface area contributed by atoms with Crippen molar-refractivity contribution >= 4 is 21.7 Å². The summed E-state index contributed by atoms with van der Waals surface area (Å²) in [5.41, 5.74) is -1.58. The first-order chi connectivity index (χ1) is 10.6. The lowest BCUT2D eigenvalue weighted by Crippen LogP contribution is -2.14. The van der Waals surface area contributed by atoms with E-state index in [2.05, 4.69) is 5.10 Å². The molecule has 124 valence electrons. The summed E-state index contributed by atoms with van der Waals surface area (Å²) in [5.74, 6) is -4.55. The molecule has 10 heteroatoms. The van der Waals surface area contributed by atoms with Crippen LogP contribution in [0.5, 0.6) is 0 Å². The zero-order valence-corrected chi connectivity index (χ0v) is 12.9. The molecule has 2 aromatic rings. The van der Waals surface area contributed by atoms with Gasteiger partial charge in [-0.1, -0.05) is 0 Å². The number of aromatic nitrogens is 2. The minimum atomic E-state index is -4.11. The third-order valence-corrected chi connectivity index (χ3v) is 4.26. The number of anilines is 1. The Morgan fingerprint density at radius 1 is 1.30 bits per heavy atom. The van der Waals surface area contributed by atoms with Crippen molar-refractivity contribution in [3.63, 3.8) is 0 Å². The molecule has 0 amide bonds. The number of sulfonamides is 1. The van der Waals surface area contributed by atoms with Crippen molar-refractivity contribution < 1.29 is 27.1 Å². The summed E-state index contributed by atoms with van der Waals surface area (Å²) in [5, 5.41) is 12.5. The molecule has 2 N–H and O–H groups in total. The Kier molecular flexibility index (Phi) is 4.37. The van der Waals surface area contributed by atoms with Crippen LogP contribution in [0, 0.1) is 11.6 Å². The smallest absolute Gasteiger partial charge is 0.341 e. The maximum atomic E-state index is 13.6. The Morgan fingerprint density at radius 2 is 1.87 bits per heavy atom.